The Hall–Kier alpha value is -3.32. The van der Waals surface area contributed by atoms with Gasteiger partial charge in [0.2, 0.25) is 5.91 Å². The molecule has 0 radical (unpaired) electrons. The number of nitrogens with zero attached hydrogens (tertiary/aromatic N) is 3. The summed E-state index contributed by atoms with van der Waals surface area (Å²) in [5.41, 5.74) is 5.46. The fourth-order valence-electron chi connectivity index (χ4n) is 3.47. The maximum Gasteiger partial charge on any atom is 0.230 e. The molecule has 0 unspecified atom stereocenters. The van der Waals surface area contributed by atoms with Crippen LogP contribution < -0.4 is 10.1 Å². The lowest BCUT2D eigenvalue weighted by molar-refractivity contribution is -0.118. The number of fused-ring (bicyclic) bond motifs is 1. The van der Waals surface area contributed by atoms with E-state index in [0.29, 0.717) is 12.3 Å². The van der Waals surface area contributed by atoms with Crippen molar-refractivity contribution in [3.05, 3.63) is 77.6 Å². The molecule has 2 heterocycles. The monoisotopic (exact) mass is 432 g/mol. The third kappa shape index (κ3) is 4.56. The molecule has 2 aromatic carbocycles. The molecule has 7 heteroatoms. The van der Waals surface area contributed by atoms with Crippen LogP contribution in [-0.4, -0.2) is 33.4 Å². The Morgan fingerprint density at radius 1 is 1.10 bits per heavy atom. The van der Waals surface area contributed by atoms with Gasteiger partial charge in [-0.3, -0.25) is 4.79 Å². The van der Waals surface area contributed by atoms with Crippen molar-refractivity contribution < 1.29 is 9.53 Å². The van der Waals surface area contributed by atoms with Gasteiger partial charge in [-0.05, 0) is 31.5 Å². The summed E-state index contributed by atoms with van der Waals surface area (Å²) < 4.78 is 7.37. The Kier molecular flexibility index (Phi) is 6.23. The number of hydrogen-bond acceptors (Lipinski definition) is 5. The fourth-order valence-corrected chi connectivity index (χ4v) is 4.35. The van der Waals surface area contributed by atoms with Crippen LogP contribution in [0.25, 0.3) is 16.8 Å². The summed E-state index contributed by atoms with van der Waals surface area (Å²) in [6.07, 6.45) is 0. The van der Waals surface area contributed by atoms with Crippen LogP contribution in [0.4, 0.5) is 0 Å². The number of aryl methyl sites for hydroxylation is 2. The average molecular weight is 433 g/mol. The summed E-state index contributed by atoms with van der Waals surface area (Å²) in [5.74, 6) is 1.05. The van der Waals surface area contributed by atoms with E-state index in [0.717, 1.165) is 44.5 Å². The number of rotatable bonds is 7. The first-order valence-corrected chi connectivity index (χ1v) is 11.0. The Balaban J connectivity index is 1.58. The molecule has 0 saturated carbocycles. The molecule has 0 fully saturated rings. The zero-order valence-corrected chi connectivity index (χ0v) is 18.6. The van der Waals surface area contributed by atoms with E-state index in [2.05, 4.69) is 5.32 Å². The molecule has 4 rings (SSSR count). The van der Waals surface area contributed by atoms with Crippen LogP contribution in [0.3, 0.4) is 0 Å². The van der Waals surface area contributed by atoms with Crippen molar-refractivity contribution in [3.63, 3.8) is 0 Å². The number of nitrogens with one attached hydrogen (secondary N) is 1. The van der Waals surface area contributed by atoms with E-state index in [1.807, 2.05) is 79.0 Å². The van der Waals surface area contributed by atoms with Crippen molar-refractivity contribution in [1.29, 1.82) is 0 Å². The molecule has 158 valence electrons. The topological polar surface area (TPSA) is 68.5 Å². The molecular formula is C24H24N4O2S. The Morgan fingerprint density at radius 2 is 1.84 bits per heavy atom. The maximum atomic E-state index is 12.4. The molecular weight excluding hydrogens is 408 g/mol. The first-order valence-electron chi connectivity index (χ1n) is 10.0. The van der Waals surface area contributed by atoms with Gasteiger partial charge in [0.15, 0.2) is 5.65 Å². The number of carbonyl (C=O) groups is 1. The van der Waals surface area contributed by atoms with Gasteiger partial charge in [-0.15, -0.1) is 0 Å². The summed E-state index contributed by atoms with van der Waals surface area (Å²) in [4.78, 5) is 17.1. The minimum Gasteiger partial charge on any atom is -0.496 e. The third-order valence-electron chi connectivity index (χ3n) is 4.92. The molecule has 1 amide bonds. The van der Waals surface area contributed by atoms with Gasteiger partial charge in [0, 0.05) is 17.8 Å². The van der Waals surface area contributed by atoms with Crippen molar-refractivity contribution in [2.75, 3.05) is 12.9 Å². The number of aromatic nitrogens is 3. The van der Waals surface area contributed by atoms with Crippen molar-refractivity contribution in [1.82, 2.24) is 19.9 Å². The van der Waals surface area contributed by atoms with Gasteiger partial charge < -0.3 is 10.1 Å². The second-order valence-electron chi connectivity index (χ2n) is 7.18. The molecule has 2 aromatic heterocycles. The number of methoxy groups -OCH3 is 1. The Morgan fingerprint density at radius 3 is 2.61 bits per heavy atom. The smallest absolute Gasteiger partial charge is 0.230 e. The van der Waals surface area contributed by atoms with Crippen LogP contribution in [0, 0.1) is 13.8 Å². The summed E-state index contributed by atoms with van der Waals surface area (Å²) in [6.45, 7) is 4.44. The van der Waals surface area contributed by atoms with E-state index in [4.69, 9.17) is 14.8 Å². The quantitative estimate of drug-likeness (QED) is 0.346. The van der Waals surface area contributed by atoms with E-state index >= 15 is 0 Å². The second-order valence-corrected chi connectivity index (χ2v) is 8.18. The Labute approximate surface area is 185 Å². The predicted octanol–water partition coefficient (Wildman–Crippen LogP) is 4.43. The average Bonchev–Trinajstić information content (AvgIpc) is 3.12. The minimum atomic E-state index is -0.0229. The molecule has 0 spiro atoms. The van der Waals surface area contributed by atoms with Crippen molar-refractivity contribution in [2.45, 2.75) is 25.4 Å². The summed E-state index contributed by atoms with van der Waals surface area (Å²) in [5, 5.41) is 8.57. The highest BCUT2D eigenvalue weighted by molar-refractivity contribution is 7.99. The third-order valence-corrected chi connectivity index (χ3v) is 5.91. The molecule has 0 aliphatic heterocycles. The number of amides is 1. The van der Waals surface area contributed by atoms with Crippen LogP contribution in [0.1, 0.15) is 17.0 Å². The number of hydrogen-bond donors (Lipinski definition) is 1. The SMILES string of the molecule is COc1ccccc1-c1c(C)nn2c(SCC(=O)NCc3ccccc3)cc(C)nc12. The largest absolute Gasteiger partial charge is 0.496 e. The number of benzene rings is 2. The molecule has 0 aliphatic carbocycles. The van der Waals surface area contributed by atoms with Crippen LogP contribution >= 0.6 is 11.8 Å². The highest BCUT2D eigenvalue weighted by Crippen LogP contribution is 2.35. The van der Waals surface area contributed by atoms with E-state index in [-0.39, 0.29) is 5.91 Å². The molecule has 0 atom stereocenters. The summed E-state index contributed by atoms with van der Waals surface area (Å²) in [7, 11) is 1.66. The number of para-hydroxylation sites is 1. The molecule has 0 bridgehead atoms. The van der Waals surface area contributed by atoms with Gasteiger partial charge in [0.1, 0.15) is 10.8 Å². The molecule has 6 nitrogen and oxygen atoms in total. The Bertz CT molecular complexity index is 1220. The van der Waals surface area contributed by atoms with E-state index < -0.39 is 0 Å². The van der Waals surface area contributed by atoms with Gasteiger partial charge in [-0.1, -0.05) is 60.3 Å². The van der Waals surface area contributed by atoms with Crippen molar-refractivity contribution in [3.8, 4) is 16.9 Å². The first-order chi connectivity index (χ1) is 15.1. The van der Waals surface area contributed by atoms with Gasteiger partial charge >= 0.3 is 0 Å². The van der Waals surface area contributed by atoms with Gasteiger partial charge in [-0.25, -0.2) is 9.50 Å². The molecule has 4 aromatic rings. The molecule has 31 heavy (non-hydrogen) atoms. The molecule has 0 aliphatic rings. The lowest BCUT2D eigenvalue weighted by Crippen LogP contribution is -2.24. The highest BCUT2D eigenvalue weighted by atomic mass is 32.2. The number of thioether (sulfide) groups is 1. The van der Waals surface area contributed by atoms with Gasteiger partial charge in [-0.2, -0.15) is 5.10 Å². The lowest BCUT2D eigenvalue weighted by Gasteiger charge is -2.09. The van der Waals surface area contributed by atoms with Crippen LogP contribution in [0.2, 0.25) is 0 Å². The summed E-state index contributed by atoms with van der Waals surface area (Å²) >= 11 is 1.45. The lowest BCUT2D eigenvalue weighted by atomic mass is 10.1. The normalized spacial score (nSPS) is 10.9. The number of ether oxygens (including phenoxy) is 1. The minimum absolute atomic E-state index is 0.0229. The van der Waals surface area contributed by atoms with E-state index in [1.54, 1.807) is 7.11 Å². The van der Waals surface area contributed by atoms with E-state index in [9.17, 15) is 4.79 Å². The predicted molar refractivity (Wildman–Crippen MR) is 123 cm³/mol. The van der Waals surface area contributed by atoms with Crippen molar-refractivity contribution in [2.24, 2.45) is 0 Å². The van der Waals surface area contributed by atoms with Gasteiger partial charge in [0.05, 0.1) is 24.1 Å². The zero-order chi connectivity index (χ0) is 21.8. The van der Waals surface area contributed by atoms with Crippen LogP contribution in [0.5, 0.6) is 5.75 Å². The van der Waals surface area contributed by atoms with Crippen molar-refractivity contribution >= 4 is 23.3 Å². The molecule has 0 saturated heterocycles. The van der Waals surface area contributed by atoms with Crippen LogP contribution in [0.15, 0.2) is 65.7 Å². The van der Waals surface area contributed by atoms with E-state index in [1.165, 1.54) is 11.8 Å². The standard InChI is InChI=1S/C24H24N4O2S/c1-16-13-22(31-15-21(29)25-14-18-9-5-4-6-10-18)28-24(26-16)23(17(2)27-28)19-11-7-8-12-20(19)30-3/h4-13H,14-15H2,1-3H3,(H,25,29). The number of carbonyl (C=O) groups excluding carboxylic acids is 1. The first kappa shape index (κ1) is 20.9. The zero-order valence-electron chi connectivity index (χ0n) is 17.8. The second kappa shape index (κ2) is 9.22. The summed E-state index contributed by atoms with van der Waals surface area (Å²) in [6, 6.07) is 19.7. The maximum absolute atomic E-state index is 12.4. The van der Waals surface area contributed by atoms with Crippen LogP contribution in [-0.2, 0) is 11.3 Å². The fraction of sp³-hybridized carbons (Fsp3) is 0.208. The van der Waals surface area contributed by atoms with Gasteiger partial charge in [0.25, 0.3) is 0 Å². The highest BCUT2D eigenvalue weighted by Gasteiger charge is 2.19. The molecule has 1 N–H and O–H groups in total.